The summed E-state index contributed by atoms with van der Waals surface area (Å²) >= 11 is 1.52. The van der Waals surface area contributed by atoms with E-state index in [2.05, 4.69) is 15.5 Å². The monoisotopic (exact) mass is 408 g/mol. The summed E-state index contributed by atoms with van der Waals surface area (Å²) in [6.07, 6.45) is -4.45. The van der Waals surface area contributed by atoms with Crippen molar-refractivity contribution in [2.24, 2.45) is 0 Å². The van der Waals surface area contributed by atoms with Crippen molar-refractivity contribution in [1.82, 2.24) is 15.0 Å². The van der Waals surface area contributed by atoms with E-state index in [1.807, 2.05) is 22.4 Å². The normalized spacial score (nSPS) is 15.4. The van der Waals surface area contributed by atoms with Crippen molar-refractivity contribution in [3.8, 4) is 10.7 Å². The molecule has 1 amide bonds. The number of thiophene rings is 1. The van der Waals surface area contributed by atoms with Crippen molar-refractivity contribution < 1.29 is 22.5 Å². The van der Waals surface area contributed by atoms with E-state index in [1.54, 1.807) is 0 Å². The second-order valence-electron chi connectivity index (χ2n) is 6.45. The van der Waals surface area contributed by atoms with Gasteiger partial charge in [0, 0.05) is 18.8 Å². The van der Waals surface area contributed by atoms with Crippen LogP contribution in [-0.2, 0) is 11.0 Å². The number of amides is 1. The first kappa shape index (κ1) is 18.6. The third-order valence-electron chi connectivity index (χ3n) is 4.33. The topological polar surface area (TPSA) is 71.3 Å². The molecule has 3 aromatic rings. The first-order valence-electron chi connectivity index (χ1n) is 8.45. The minimum Gasteiger partial charge on any atom is -0.339 e. The summed E-state index contributed by atoms with van der Waals surface area (Å²) in [4.78, 5) is 19.3. The molecule has 4 rings (SSSR count). The van der Waals surface area contributed by atoms with Crippen LogP contribution in [0.1, 0.15) is 17.4 Å². The number of hydrogen-bond acceptors (Lipinski definition) is 6. The third kappa shape index (κ3) is 4.07. The molecular weight excluding hydrogens is 393 g/mol. The Morgan fingerprint density at radius 1 is 1.29 bits per heavy atom. The van der Waals surface area contributed by atoms with Crippen molar-refractivity contribution in [2.75, 3.05) is 25.0 Å². The maximum Gasteiger partial charge on any atom is 0.416 e. The number of carbonyl (C=O) groups is 1. The molecule has 0 saturated carbocycles. The second kappa shape index (κ2) is 7.36. The molecule has 0 radical (unpaired) electrons. The fourth-order valence-electron chi connectivity index (χ4n) is 2.94. The Morgan fingerprint density at radius 2 is 2.11 bits per heavy atom. The van der Waals surface area contributed by atoms with Gasteiger partial charge in [-0.15, -0.1) is 11.3 Å². The van der Waals surface area contributed by atoms with Gasteiger partial charge in [-0.2, -0.15) is 18.2 Å². The zero-order valence-corrected chi connectivity index (χ0v) is 15.3. The summed E-state index contributed by atoms with van der Waals surface area (Å²) in [7, 11) is 0. The summed E-state index contributed by atoms with van der Waals surface area (Å²) in [5, 5.41) is 8.40. The predicted molar refractivity (Wildman–Crippen MR) is 96.9 cm³/mol. The molecule has 1 aromatic carbocycles. The number of nitrogens with zero attached hydrogens (tertiary/aromatic N) is 3. The molecular formula is C18H15F3N4O2S. The molecule has 1 saturated heterocycles. The molecule has 1 aliphatic heterocycles. The van der Waals surface area contributed by atoms with Crippen LogP contribution >= 0.6 is 11.3 Å². The van der Waals surface area contributed by atoms with Crippen LogP contribution in [0.25, 0.3) is 10.7 Å². The van der Waals surface area contributed by atoms with Crippen molar-refractivity contribution in [2.45, 2.75) is 12.1 Å². The standard InChI is InChI=1S/C18H15F3N4O2S/c19-18(20,21)12-3-1-4-13(7-12)22-15(26)10-25-8-11(9-25)17-23-16(24-27-17)14-5-2-6-28-14/h1-7,11H,8-10H2,(H,22,26). The number of hydrogen-bond donors (Lipinski definition) is 1. The van der Waals surface area contributed by atoms with Crippen LogP contribution in [0.5, 0.6) is 0 Å². The lowest BCUT2D eigenvalue weighted by Gasteiger charge is -2.36. The molecule has 0 unspecified atom stereocenters. The van der Waals surface area contributed by atoms with Gasteiger partial charge < -0.3 is 9.84 Å². The number of alkyl halides is 3. The zero-order valence-electron chi connectivity index (χ0n) is 14.4. The number of likely N-dealkylation sites (tertiary alicyclic amines) is 1. The second-order valence-corrected chi connectivity index (χ2v) is 7.40. The van der Waals surface area contributed by atoms with Gasteiger partial charge in [-0.25, -0.2) is 0 Å². The van der Waals surface area contributed by atoms with Gasteiger partial charge in [0.2, 0.25) is 17.6 Å². The van der Waals surface area contributed by atoms with Gasteiger partial charge in [-0.1, -0.05) is 17.3 Å². The van der Waals surface area contributed by atoms with Crippen molar-refractivity contribution in [3.63, 3.8) is 0 Å². The van der Waals surface area contributed by atoms with E-state index in [0.717, 1.165) is 17.0 Å². The van der Waals surface area contributed by atoms with Gasteiger partial charge in [0.25, 0.3) is 0 Å². The molecule has 0 bridgehead atoms. The minimum absolute atomic E-state index is 0.0440. The summed E-state index contributed by atoms with van der Waals surface area (Å²) in [5.41, 5.74) is -0.679. The van der Waals surface area contributed by atoms with E-state index in [9.17, 15) is 18.0 Å². The number of anilines is 1. The predicted octanol–water partition coefficient (Wildman–Crippen LogP) is 3.85. The number of rotatable bonds is 5. The van der Waals surface area contributed by atoms with Gasteiger partial charge in [0.15, 0.2) is 0 Å². The number of halogens is 3. The molecule has 1 N–H and O–H groups in total. The number of aromatic nitrogens is 2. The van der Waals surface area contributed by atoms with Crippen LogP contribution in [0.15, 0.2) is 46.3 Å². The molecule has 28 heavy (non-hydrogen) atoms. The van der Waals surface area contributed by atoms with Gasteiger partial charge in [0.05, 0.1) is 22.9 Å². The third-order valence-corrected chi connectivity index (χ3v) is 5.20. The van der Waals surface area contributed by atoms with Crippen molar-refractivity contribution in [3.05, 3.63) is 53.2 Å². The molecule has 2 aromatic heterocycles. The van der Waals surface area contributed by atoms with Gasteiger partial charge >= 0.3 is 6.18 Å². The van der Waals surface area contributed by atoms with E-state index < -0.39 is 11.7 Å². The Balaban J connectivity index is 1.28. The molecule has 3 heterocycles. The summed E-state index contributed by atoms with van der Waals surface area (Å²) in [5.74, 6) is 0.744. The van der Waals surface area contributed by atoms with Gasteiger partial charge in [0.1, 0.15) is 0 Å². The highest BCUT2D eigenvalue weighted by Gasteiger charge is 2.34. The number of carbonyl (C=O) groups excluding carboxylic acids is 1. The van der Waals surface area contributed by atoms with Crippen molar-refractivity contribution >= 4 is 22.9 Å². The van der Waals surface area contributed by atoms with E-state index in [1.165, 1.54) is 23.5 Å². The smallest absolute Gasteiger partial charge is 0.339 e. The lowest BCUT2D eigenvalue weighted by Crippen LogP contribution is -2.48. The zero-order chi connectivity index (χ0) is 19.7. The fraction of sp³-hybridized carbons (Fsp3) is 0.278. The van der Waals surface area contributed by atoms with Gasteiger partial charge in [-0.05, 0) is 29.6 Å². The number of nitrogens with one attached hydrogen (secondary N) is 1. The lowest BCUT2D eigenvalue weighted by atomic mass is 10.0. The molecule has 6 nitrogen and oxygen atoms in total. The highest BCUT2D eigenvalue weighted by Crippen LogP contribution is 2.31. The Labute approximate surface area is 162 Å². The Kier molecular flexibility index (Phi) is 4.90. The Hall–Kier alpha value is -2.72. The molecule has 0 aliphatic carbocycles. The van der Waals surface area contributed by atoms with E-state index in [-0.39, 0.29) is 24.1 Å². The summed E-state index contributed by atoms with van der Waals surface area (Å²) in [6, 6.07) is 8.38. The first-order valence-corrected chi connectivity index (χ1v) is 9.33. The Bertz CT molecular complexity index is 965. The minimum atomic E-state index is -4.45. The van der Waals surface area contributed by atoms with E-state index in [4.69, 9.17) is 4.52 Å². The SMILES string of the molecule is O=C(CN1CC(c2nc(-c3cccs3)no2)C1)Nc1cccc(C(F)(F)F)c1. The highest BCUT2D eigenvalue weighted by molar-refractivity contribution is 7.13. The van der Waals surface area contributed by atoms with Crippen LogP contribution < -0.4 is 5.32 Å². The Morgan fingerprint density at radius 3 is 2.82 bits per heavy atom. The van der Waals surface area contributed by atoms with E-state index >= 15 is 0 Å². The molecule has 10 heteroatoms. The van der Waals surface area contributed by atoms with Crippen LogP contribution in [0.4, 0.5) is 18.9 Å². The van der Waals surface area contributed by atoms with Crippen LogP contribution in [-0.4, -0.2) is 40.6 Å². The molecule has 1 fully saturated rings. The maximum absolute atomic E-state index is 12.7. The average Bonchev–Trinajstić information content (AvgIpc) is 3.28. The highest BCUT2D eigenvalue weighted by atomic mass is 32.1. The molecule has 0 spiro atoms. The molecule has 1 aliphatic rings. The summed E-state index contributed by atoms with van der Waals surface area (Å²) in [6.45, 7) is 1.23. The van der Waals surface area contributed by atoms with Gasteiger partial charge in [-0.3, -0.25) is 9.69 Å². The largest absolute Gasteiger partial charge is 0.416 e. The average molecular weight is 408 g/mol. The first-order chi connectivity index (χ1) is 13.4. The lowest BCUT2D eigenvalue weighted by molar-refractivity contribution is -0.137. The molecule has 0 atom stereocenters. The van der Waals surface area contributed by atoms with E-state index in [0.29, 0.717) is 24.8 Å². The van der Waals surface area contributed by atoms with Crippen LogP contribution in [0.2, 0.25) is 0 Å². The van der Waals surface area contributed by atoms with Crippen LogP contribution in [0, 0.1) is 0 Å². The van der Waals surface area contributed by atoms with Crippen LogP contribution in [0.3, 0.4) is 0 Å². The maximum atomic E-state index is 12.7. The summed E-state index contributed by atoms with van der Waals surface area (Å²) < 4.78 is 43.5. The van der Waals surface area contributed by atoms with Crippen molar-refractivity contribution in [1.29, 1.82) is 0 Å². The fourth-order valence-corrected chi connectivity index (χ4v) is 3.59. The quantitative estimate of drug-likeness (QED) is 0.694. The number of benzene rings is 1. The molecule has 146 valence electrons.